The summed E-state index contributed by atoms with van der Waals surface area (Å²) >= 11 is 0. The molecule has 0 aromatic heterocycles. The third kappa shape index (κ3) is 4.61. The van der Waals surface area contributed by atoms with Gasteiger partial charge in [0.25, 0.3) is 0 Å². The maximum absolute atomic E-state index is 13.3. The average molecular weight is 373 g/mol. The van der Waals surface area contributed by atoms with Crippen molar-refractivity contribution in [1.82, 2.24) is 10.6 Å². The molecule has 1 atom stereocenters. The minimum atomic E-state index is -0.946. The van der Waals surface area contributed by atoms with E-state index in [-0.39, 0.29) is 5.91 Å². The fourth-order valence-electron chi connectivity index (χ4n) is 3.01. The molecule has 27 heavy (non-hydrogen) atoms. The molecule has 2 N–H and O–H groups in total. The SMILES string of the molecule is C[C@H](NC(=O)NCc1ccc(N2CCCC2=O)cc1)c1ccc(F)c(F)c1. The van der Waals surface area contributed by atoms with Crippen molar-refractivity contribution in [2.24, 2.45) is 0 Å². The predicted molar refractivity (Wildman–Crippen MR) is 98.2 cm³/mol. The highest BCUT2D eigenvalue weighted by atomic mass is 19.2. The molecule has 0 aliphatic carbocycles. The van der Waals surface area contributed by atoms with E-state index in [4.69, 9.17) is 0 Å². The van der Waals surface area contributed by atoms with Crippen LogP contribution < -0.4 is 15.5 Å². The van der Waals surface area contributed by atoms with Crippen LogP contribution in [0.25, 0.3) is 0 Å². The van der Waals surface area contributed by atoms with Crippen LogP contribution in [0.3, 0.4) is 0 Å². The van der Waals surface area contributed by atoms with Crippen molar-refractivity contribution >= 4 is 17.6 Å². The van der Waals surface area contributed by atoms with E-state index < -0.39 is 23.7 Å². The lowest BCUT2D eigenvalue weighted by Gasteiger charge is -2.17. The standard InChI is InChI=1S/C20H21F2N3O2/c1-13(15-6-9-17(21)18(22)11-15)24-20(27)23-12-14-4-7-16(8-5-14)25-10-2-3-19(25)26/h4-9,11,13H,2-3,10,12H2,1H3,(H2,23,24,27)/t13-/m0/s1. The lowest BCUT2D eigenvalue weighted by atomic mass is 10.1. The second-order valence-corrected chi connectivity index (χ2v) is 6.54. The van der Waals surface area contributed by atoms with Crippen LogP contribution in [-0.4, -0.2) is 18.5 Å². The van der Waals surface area contributed by atoms with Gasteiger partial charge in [-0.15, -0.1) is 0 Å². The van der Waals surface area contributed by atoms with Crippen LogP contribution >= 0.6 is 0 Å². The molecular weight excluding hydrogens is 352 g/mol. The first-order chi connectivity index (χ1) is 12.9. The molecule has 5 nitrogen and oxygen atoms in total. The largest absolute Gasteiger partial charge is 0.334 e. The van der Waals surface area contributed by atoms with Gasteiger partial charge >= 0.3 is 6.03 Å². The van der Waals surface area contributed by atoms with Gasteiger partial charge in [-0.2, -0.15) is 0 Å². The van der Waals surface area contributed by atoms with E-state index in [9.17, 15) is 18.4 Å². The van der Waals surface area contributed by atoms with E-state index >= 15 is 0 Å². The summed E-state index contributed by atoms with van der Waals surface area (Å²) in [6, 6.07) is 10.1. The summed E-state index contributed by atoms with van der Waals surface area (Å²) in [6.07, 6.45) is 1.46. The molecule has 1 aliphatic rings. The Hall–Kier alpha value is -2.96. The zero-order chi connectivity index (χ0) is 19.4. The number of urea groups is 1. The summed E-state index contributed by atoms with van der Waals surface area (Å²) < 4.78 is 26.3. The normalized spacial score (nSPS) is 14.9. The van der Waals surface area contributed by atoms with Crippen molar-refractivity contribution in [3.63, 3.8) is 0 Å². The average Bonchev–Trinajstić information content (AvgIpc) is 3.08. The number of carbonyl (C=O) groups is 2. The summed E-state index contributed by atoms with van der Waals surface area (Å²) in [5, 5.41) is 5.41. The zero-order valence-corrected chi connectivity index (χ0v) is 15.0. The Morgan fingerprint density at radius 3 is 2.52 bits per heavy atom. The number of amides is 3. The molecule has 1 saturated heterocycles. The van der Waals surface area contributed by atoms with Gasteiger partial charge in [-0.1, -0.05) is 18.2 Å². The summed E-state index contributed by atoms with van der Waals surface area (Å²) in [6.45, 7) is 2.74. The van der Waals surface area contributed by atoms with Crippen LogP contribution in [-0.2, 0) is 11.3 Å². The molecule has 7 heteroatoms. The van der Waals surface area contributed by atoms with E-state index in [0.717, 1.165) is 36.3 Å². The summed E-state index contributed by atoms with van der Waals surface area (Å²) in [5.41, 5.74) is 2.22. The third-order valence-electron chi connectivity index (χ3n) is 4.57. The fraction of sp³-hybridized carbons (Fsp3) is 0.300. The summed E-state index contributed by atoms with van der Waals surface area (Å²) in [7, 11) is 0. The molecule has 0 spiro atoms. The quantitative estimate of drug-likeness (QED) is 0.840. The molecular formula is C20H21F2N3O2. The first kappa shape index (κ1) is 18.8. The highest BCUT2D eigenvalue weighted by Gasteiger charge is 2.21. The van der Waals surface area contributed by atoms with Gasteiger partial charge < -0.3 is 15.5 Å². The Balaban J connectivity index is 1.51. The van der Waals surface area contributed by atoms with Gasteiger partial charge in [-0.3, -0.25) is 4.79 Å². The van der Waals surface area contributed by atoms with Crippen molar-refractivity contribution in [3.05, 3.63) is 65.2 Å². The highest BCUT2D eigenvalue weighted by molar-refractivity contribution is 5.95. The smallest absolute Gasteiger partial charge is 0.315 e. The minimum Gasteiger partial charge on any atom is -0.334 e. The van der Waals surface area contributed by atoms with Gasteiger partial charge in [-0.05, 0) is 48.7 Å². The highest BCUT2D eigenvalue weighted by Crippen LogP contribution is 2.21. The second kappa shape index (κ2) is 8.16. The van der Waals surface area contributed by atoms with Crippen molar-refractivity contribution in [3.8, 4) is 0 Å². The monoisotopic (exact) mass is 373 g/mol. The first-order valence-corrected chi connectivity index (χ1v) is 8.82. The zero-order valence-electron chi connectivity index (χ0n) is 15.0. The number of nitrogens with one attached hydrogen (secondary N) is 2. The molecule has 0 unspecified atom stereocenters. The number of benzene rings is 2. The van der Waals surface area contributed by atoms with Crippen molar-refractivity contribution in [2.45, 2.75) is 32.4 Å². The number of rotatable bonds is 5. The lowest BCUT2D eigenvalue weighted by Crippen LogP contribution is -2.36. The second-order valence-electron chi connectivity index (χ2n) is 6.54. The van der Waals surface area contributed by atoms with E-state index in [1.54, 1.807) is 11.8 Å². The fourth-order valence-corrected chi connectivity index (χ4v) is 3.01. The Kier molecular flexibility index (Phi) is 5.69. The van der Waals surface area contributed by atoms with Crippen LogP contribution in [0.15, 0.2) is 42.5 Å². The molecule has 3 amide bonds. The van der Waals surface area contributed by atoms with Gasteiger partial charge in [0.15, 0.2) is 11.6 Å². The number of hydrogen-bond donors (Lipinski definition) is 2. The van der Waals surface area contributed by atoms with E-state index in [1.807, 2.05) is 24.3 Å². The predicted octanol–water partition coefficient (Wildman–Crippen LogP) is 3.65. The molecule has 3 rings (SSSR count). The number of halogens is 2. The Morgan fingerprint density at radius 2 is 1.89 bits per heavy atom. The van der Waals surface area contributed by atoms with E-state index in [2.05, 4.69) is 10.6 Å². The number of anilines is 1. The number of hydrogen-bond acceptors (Lipinski definition) is 2. The number of nitrogens with zero attached hydrogens (tertiary/aromatic N) is 1. The summed E-state index contributed by atoms with van der Waals surface area (Å²) in [5.74, 6) is -1.74. The van der Waals surface area contributed by atoms with Gasteiger partial charge in [0.2, 0.25) is 5.91 Å². The third-order valence-corrected chi connectivity index (χ3v) is 4.57. The van der Waals surface area contributed by atoms with Gasteiger partial charge in [0, 0.05) is 25.2 Å². The lowest BCUT2D eigenvalue weighted by molar-refractivity contribution is -0.117. The van der Waals surface area contributed by atoms with Gasteiger partial charge in [0.05, 0.1) is 6.04 Å². The van der Waals surface area contributed by atoms with Crippen LogP contribution in [0.2, 0.25) is 0 Å². The molecule has 0 radical (unpaired) electrons. The van der Waals surface area contributed by atoms with Gasteiger partial charge in [0.1, 0.15) is 0 Å². The molecule has 1 aliphatic heterocycles. The maximum Gasteiger partial charge on any atom is 0.315 e. The van der Waals surface area contributed by atoms with Crippen LogP contribution in [0.5, 0.6) is 0 Å². The topological polar surface area (TPSA) is 61.4 Å². The Morgan fingerprint density at radius 1 is 1.15 bits per heavy atom. The molecule has 1 fully saturated rings. The van der Waals surface area contributed by atoms with Crippen LogP contribution in [0.1, 0.15) is 36.9 Å². The molecule has 0 saturated carbocycles. The van der Waals surface area contributed by atoms with Crippen molar-refractivity contribution in [2.75, 3.05) is 11.4 Å². The molecule has 1 heterocycles. The minimum absolute atomic E-state index is 0.131. The van der Waals surface area contributed by atoms with E-state index in [0.29, 0.717) is 18.5 Å². The van der Waals surface area contributed by atoms with Crippen LogP contribution in [0.4, 0.5) is 19.3 Å². The van der Waals surface area contributed by atoms with E-state index in [1.165, 1.54) is 6.07 Å². The number of carbonyl (C=O) groups excluding carboxylic acids is 2. The molecule has 0 bridgehead atoms. The first-order valence-electron chi connectivity index (χ1n) is 8.82. The van der Waals surface area contributed by atoms with Crippen LogP contribution in [0, 0.1) is 11.6 Å². The van der Waals surface area contributed by atoms with Crippen molar-refractivity contribution < 1.29 is 18.4 Å². The molecule has 2 aromatic carbocycles. The molecule has 2 aromatic rings. The van der Waals surface area contributed by atoms with Crippen molar-refractivity contribution in [1.29, 1.82) is 0 Å². The maximum atomic E-state index is 13.3. The van der Waals surface area contributed by atoms with Gasteiger partial charge in [-0.25, -0.2) is 13.6 Å². The summed E-state index contributed by atoms with van der Waals surface area (Å²) in [4.78, 5) is 25.5. The molecule has 142 valence electrons. The Bertz CT molecular complexity index is 840. The Labute approximate surface area is 156 Å².